The van der Waals surface area contributed by atoms with Crippen molar-refractivity contribution in [3.63, 3.8) is 0 Å². The third-order valence-electron chi connectivity index (χ3n) is 0.734. The zero-order chi connectivity index (χ0) is 8.58. The van der Waals surface area contributed by atoms with Crippen molar-refractivity contribution in [1.82, 2.24) is 0 Å². The van der Waals surface area contributed by atoms with E-state index in [-0.39, 0.29) is 0 Å². The second-order valence-electron chi connectivity index (χ2n) is 1.55. The normalized spacial score (nSPS) is 13.2. The van der Waals surface area contributed by atoms with Crippen LogP contribution in [-0.4, -0.2) is 24.0 Å². The van der Waals surface area contributed by atoms with Gasteiger partial charge in [-0.25, -0.2) is 0 Å². The number of halogens is 2. The number of ketones is 1. The SMILES string of the molecule is CC(=O)C(F)(F)S(=O)(=O)O. The molecule has 0 radical (unpaired) electrons. The number of hydrogen-bond donors (Lipinski definition) is 1. The summed E-state index contributed by atoms with van der Waals surface area (Å²) in [6.07, 6.45) is 0. The molecule has 0 aromatic carbocycles. The highest BCUT2D eigenvalue weighted by Crippen LogP contribution is 2.20. The largest absolute Gasteiger partial charge is 0.426 e. The third-order valence-corrected chi connectivity index (χ3v) is 1.67. The van der Waals surface area contributed by atoms with Crippen molar-refractivity contribution in [1.29, 1.82) is 0 Å². The Balaban J connectivity index is 4.95. The summed E-state index contributed by atoms with van der Waals surface area (Å²) in [4.78, 5) is 9.82. The molecule has 0 aliphatic heterocycles. The lowest BCUT2D eigenvalue weighted by Gasteiger charge is -2.06. The Morgan fingerprint density at radius 1 is 1.50 bits per heavy atom. The number of alkyl halides is 2. The van der Waals surface area contributed by atoms with Gasteiger partial charge in [0.1, 0.15) is 0 Å². The molecule has 0 atom stereocenters. The molecule has 1 N–H and O–H groups in total. The smallest absolute Gasteiger partial charge is 0.292 e. The number of Topliss-reactive ketones (excluding diaryl/α,β-unsaturated/α-hetero) is 1. The first-order valence-corrected chi connectivity index (χ1v) is 3.49. The van der Waals surface area contributed by atoms with E-state index in [1.807, 2.05) is 0 Å². The van der Waals surface area contributed by atoms with Gasteiger partial charge in [0.25, 0.3) is 0 Å². The van der Waals surface area contributed by atoms with E-state index in [4.69, 9.17) is 4.55 Å². The molecule has 0 aliphatic rings. The molecule has 0 saturated carbocycles. The molecule has 0 amide bonds. The van der Waals surface area contributed by atoms with Gasteiger partial charge in [-0.15, -0.1) is 0 Å². The molecule has 0 aliphatic carbocycles. The van der Waals surface area contributed by atoms with Gasteiger partial charge in [0, 0.05) is 6.92 Å². The maximum atomic E-state index is 11.9. The summed E-state index contributed by atoms with van der Waals surface area (Å²) in [6, 6.07) is 0. The van der Waals surface area contributed by atoms with Crippen LogP contribution >= 0.6 is 0 Å². The Morgan fingerprint density at radius 2 is 1.80 bits per heavy atom. The van der Waals surface area contributed by atoms with Crippen LogP contribution in [0.2, 0.25) is 0 Å². The van der Waals surface area contributed by atoms with E-state index in [2.05, 4.69) is 0 Å². The van der Waals surface area contributed by atoms with E-state index in [0.717, 1.165) is 0 Å². The molecular weight excluding hydrogens is 170 g/mol. The van der Waals surface area contributed by atoms with E-state index >= 15 is 0 Å². The second kappa shape index (κ2) is 2.24. The molecule has 7 heteroatoms. The van der Waals surface area contributed by atoms with Crippen molar-refractivity contribution < 1.29 is 26.5 Å². The summed E-state index contributed by atoms with van der Waals surface area (Å²) in [5.74, 6) is -1.91. The lowest BCUT2D eigenvalue weighted by molar-refractivity contribution is -0.131. The van der Waals surface area contributed by atoms with Crippen molar-refractivity contribution in [3.05, 3.63) is 0 Å². The van der Waals surface area contributed by atoms with Crippen LogP contribution in [0.25, 0.3) is 0 Å². The minimum atomic E-state index is -5.58. The zero-order valence-electron chi connectivity index (χ0n) is 4.84. The number of carbonyl (C=O) groups is 1. The monoisotopic (exact) mass is 174 g/mol. The molecule has 0 aromatic rings. The number of rotatable bonds is 2. The van der Waals surface area contributed by atoms with Crippen LogP contribution in [-0.2, 0) is 14.9 Å². The van der Waals surface area contributed by atoms with Crippen molar-refractivity contribution in [2.75, 3.05) is 0 Å². The van der Waals surface area contributed by atoms with Gasteiger partial charge < -0.3 is 0 Å². The lowest BCUT2D eigenvalue weighted by atomic mass is 10.5. The maximum absolute atomic E-state index is 11.9. The Labute approximate surface area is 55.6 Å². The highest BCUT2D eigenvalue weighted by molar-refractivity contribution is 7.87. The fourth-order valence-corrected chi connectivity index (χ4v) is 0.545. The van der Waals surface area contributed by atoms with Crippen LogP contribution in [0.5, 0.6) is 0 Å². The van der Waals surface area contributed by atoms with Gasteiger partial charge in [0.05, 0.1) is 0 Å². The highest BCUT2D eigenvalue weighted by atomic mass is 32.2. The molecule has 60 valence electrons. The van der Waals surface area contributed by atoms with Gasteiger partial charge >= 0.3 is 15.4 Å². The summed E-state index contributed by atoms with van der Waals surface area (Å²) < 4.78 is 50.8. The second-order valence-corrected chi connectivity index (χ2v) is 3.01. The van der Waals surface area contributed by atoms with Gasteiger partial charge in [0.2, 0.25) is 5.78 Å². The average Bonchev–Trinajstić information content (AvgIpc) is 1.62. The van der Waals surface area contributed by atoms with E-state index in [0.29, 0.717) is 6.92 Å². The molecule has 4 nitrogen and oxygen atoms in total. The van der Waals surface area contributed by atoms with Crippen LogP contribution in [0.3, 0.4) is 0 Å². The van der Waals surface area contributed by atoms with Crippen molar-refractivity contribution >= 4 is 15.9 Å². The highest BCUT2D eigenvalue weighted by Gasteiger charge is 2.49. The summed E-state index contributed by atoms with van der Waals surface area (Å²) >= 11 is 0. The topological polar surface area (TPSA) is 71.4 Å². The zero-order valence-corrected chi connectivity index (χ0v) is 5.65. The van der Waals surface area contributed by atoms with Crippen molar-refractivity contribution in [3.8, 4) is 0 Å². The van der Waals surface area contributed by atoms with E-state index in [9.17, 15) is 22.0 Å². The molecule has 0 saturated heterocycles. The molecule has 0 spiro atoms. The minimum Gasteiger partial charge on any atom is -0.292 e. The molecule has 0 bridgehead atoms. The molecule has 0 heterocycles. The van der Waals surface area contributed by atoms with E-state index in [1.54, 1.807) is 0 Å². The fraction of sp³-hybridized carbons (Fsp3) is 0.667. The number of hydrogen-bond acceptors (Lipinski definition) is 3. The molecule has 0 aromatic heterocycles. The quantitative estimate of drug-likeness (QED) is 0.600. The Bertz CT molecular complexity index is 241. The summed E-state index contributed by atoms with van der Waals surface area (Å²) in [5.41, 5.74) is 0. The average molecular weight is 174 g/mol. The van der Waals surface area contributed by atoms with E-state index < -0.39 is 21.2 Å². The van der Waals surface area contributed by atoms with Crippen LogP contribution in [0.4, 0.5) is 8.78 Å². The summed E-state index contributed by atoms with van der Waals surface area (Å²) in [7, 11) is -5.58. The predicted octanol–water partition coefficient (Wildman–Crippen LogP) is 0.0560. The molecule has 0 fully saturated rings. The van der Waals surface area contributed by atoms with Crippen LogP contribution < -0.4 is 0 Å². The number of carbonyl (C=O) groups excluding carboxylic acids is 1. The Hall–Kier alpha value is -0.560. The molecule has 0 unspecified atom stereocenters. The first kappa shape index (κ1) is 9.44. The first-order valence-electron chi connectivity index (χ1n) is 2.05. The lowest BCUT2D eigenvalue weighted by Crippen LogP contribution is -2.35. The molecular formula is C3H4F2O4S. The predicted molar refractivity (Wildman–Crippen MR) is 27.2 cm³/mol. The standard InChI is InChI=1S/C3H4F2O4S/c1-2(6)3(4,5)10(7,8)9/h1H3,(H,7,8,9). The molecule has 0 rings (SSSR count). The molecule has 10 heavy (non-hydrogen) atoms. The summed E-state index contributed by atoms with van der Waals surface area (Å²) in [6.45, 7) is 0.369. The van der Waals surface area contributed by atoms with Crippen molar-refractivity contribution in [2.45, 2.75) is 12.2 Å². The third kappa shape index (κ3) is 1.48. The van der Waals surface area contributed by atoms with Crippen molar-refractivity contribution in [2.24, 2.45) is 0 Å². The van der Waals surface area contributed by atoms with E-state index in [1.165, 1.54) is 0 Å². The van der Waals surface area contributed by atoms with Gasteiger partial charge in [-0.2, -0.15) is 17.2 Å². The maximum Gasteiger partial charge on any atom is 0.426 e. The van der Waals surface area contributed by atoms with Crippen LogP contribution in [0, 0.1) is 0 Å². The van der Waals surface area contributed by atoms with Gasteiger partial charge in [0.15, 0.2) is 0 Å². The Kier molecular flexibility index (Phi) is 2.12. The summed E-state index contributed by atoms with van der Waals surface area (Å²) in [5, 5.41) is -4.67. The fourth-order valence-electron chi connectivity index (χ4n) is 0.182. The van der Waals surface area contributed by atoms with Gasteiger partial charge in [-0.05, 0) is 0 Å². The Morgan fingerprint density at radius 3 is 1.80 bits per heavy atom. The van der Waals surface area contributed by atoms with Crippen LogP contribution in [0.15, 0.2) is 0 Å². The first-order chi connectivity index (χ1) is 4.19. The van der Waals surface area contributed by atoms with Gasteiger partial charge in [-0.1, -0.05) is 0 Å². The van der Waals surface area contributed by atoms with Gasteiger partial charge in [-0.3, -0.25) is 9.35 Å². The minimum absolute atomic E-state index is 0.369. The van der Waals surface area contributed by atoms with Crippen LogP contribution in [0.1, 0.15) is 6.92 Å².